The molecule has 0 bridgehead atoms. The predicted octanol–water partition coefficient (Wildman–Crippen LogP) is 2.92. The lowest BCUT2D eigenvalue weighted by Crippen LogP contribution is -2.41. The number of methoxy groups -OCH3 is 1. The van der Waals surface area contributed by atoms with Crippen LogP contribution < -0.4 is 15.5 Å². The van der Waals surface area contributed by atoms with Crippen LogP contribution in [-0.4, -0.2) is 57.7 Å². The average molecular weight is 379 g/mol. The Morgan fingerprint density at radius 3 is 2.37 bits per heavy atom. The molecular weight excluding hydrogens is 344 g/mol. The molecule has 1 aromatic rings. The fourth-order valence-electron chi connectivity index (χ4n) is 2.70. The van der Waals surface area contributed by atoms with E-state index in [-0.39, 0.29) is 11.9 Å². The van der Waals surface area contributed by atoms with Gasteiger partial charge in [-0.2, -0.15) is 0 Å². The van der Waals surface area contributed by atoms with Gasteiger partial charge in [-0.05, 0) is 30.7 Å². The minimum absolute atomic E-state index is 0.0614. The van der Waals surface area contributed by atoms with Gasteiger partial charge in [0, 0.05) is 57.6 Å². The smallest absolute Gasteiger partial charge is 0.319 e. The van der Waals surface area contributed by atoms with Gasteiger partial charge in [0.05, 0.1) is 6.61 Å². The summed E-state index contributed by atoms with van der Waals surface area (Å²) < 4.78 is 5.18. The van der Waals surface area contributed by atoms with Crippen LogP contribution in [0.25, 0.3) is 0 Å². The third-order valence-electron chi connectivity index (χ3n) is 4.01. The first-order chi connectivity index (χ1) is 12.6. The van der Waals surface area contributed by atoms with Crippen molar-refractivity contribution in [1.82, 2.24) is 10.2 Å². The van der Waals surface area contributed by atoms with Crippen molar-refractivity contribution in [2.75, 3.05) is 51.1 Å². The average Bonchev–Trinajstić information content (AvgIpc) is 2.57. The highest BCUT2D eigenvalue weighted by atomic mass is 16.5. The molecule has 0 aliphatic heterocycles. The molecule has 0 aliphatic carbocycles. The molecule has 1 rings (SSSR count). The molecule has 0 radical (unpaired) electrons. The van der Waals surface area contributed by atoms with Crippen LogP contribution in [-0.2, 0) is 16.1 Å². The number of amides is 3. The number of hydrogen-bond acceptors (Lipinski definition) is 4. The van der Waals surface area contributed by atoms with Crippen molar-refractivity contribution in [3.8, 4) is 0 Å². The molecule has 7 nitrogen and oxygen atoms in total. The number of nitrogens with one attached hydrogen (secondary N) is 2. The van der Waals surface area contributed by atoms with E-state index in [1.807, 2.05) is 69.8 Å². The highest BCUT2D eigenvalue weighted by Crippen LogP contribution is 2.26. The Kier molecular flexibility index (Phi) is 8.56. The summed E-state index contributed by atoms with van der Waals surface area (Å²) in [7, 11) is 5.55. The first-order valence-corrected chi connectivity index (χ1v) is 9.23. The highest BCUT2D eigenvalue weighted by molar-refractivity contribution is 5.89. The number of carbonyl (C=O) groups excluding carboxylic acids is 2. The van der Waals surface area contributed by atoms with Crippen molar-refractivity contribution in [2.24, 2.45) is 5.41 Å². The molecule has 0 saturated carbocycles. The van der Waals surface area contributed by atoms with Crippen molar-refractivity contribution in [1.29, 1.82) is 0 Å². The van der Waals surface area contributed by atoms with Crippen LogP contribution >= 0.6 is 0 Å². The molecular formula is C20H34N4O3. The number of ether oxygens (including phenoxy) is 1. The Balaban J connectivity index is 3.16. The Bertz CT molecular complexity index is 639. The van der Waals surface area contributed by atoms with Crippen molar-refractivity contribution in [2.45, 2.75) is 34.2 Å². The number of carbonyl (C=O) groups is 2. The predicted molar refractivity (Wildman–Crippen MR) is 110 cm³/mol. The lowest BCUT2D eigenvalue weighted by Gasteiger charge is -2.31. The van der Waals surface area contributed by atoms with Crippen LogP contribution in [0.1, 0.15) is 33.3 Å². The van der Waals surface area contributed by atoms with Crippen LogP contribution in [0.3, 0.4) is 0 Å². The van der Waals surface area contributed by atoms with E-state index in [1.54, 1.807) is 7.11 Å². The summed E-state index contributed by atoms with van der Waals surface area (Å²) in [4.78, 5) is 28.5. The van der Waals surface area contributed by atoms with Gasteiger partial charge in [-0.15, -0.1) is 0 Å². The molecule has 0 atom stereocenters. The number of hydrogen-bond donors (Lipinski definition) is 2. The molecule has 1 aromatic carbocycles. The van der Waals surface area contributed by atoms with Crippen LogP contribution in [0, 0.1) is 5.41 Å². The molecule has 0 aliphatic rings. The zero-order chi connectivity index (χ0) is 20.6. The van der Waals surface area contributed by atoms with Gasteiger partial charge >= 0.3 is 6.03 Å². The normalized spacial score (nSPS) is 11.1. The van der Waals surface area contributed by atoms with Crippen molar-refractivity contribution < 1.29 is 14.3 Å². The van der Waals surface area contributed by atoms with Crippen molar-refractivity contribution >= 4 is 23.3 Å². The first kappa shape index (κ1) is 22.8. The second-order valence-electron chi connectivity index (χ2n) is 7.69. The van der Waals surface area contributed by atoms with E-state index >= 15 is 0 Å². The zero-order valence-electron chi connectivity index (χ0n) is 17.7. The largest absolute Gasteiger partial charge is 0.383 e. The summed E-state index contributed by atoms with van der Waals surface area (Å²) in [6.45, 7) is 9.58. The highest BCUT2D eigenvalue weighted by Gasteiger charge is 2.27. The standard InChI is InChI=1S/C20H34N4O3/c1-8-21-19(26)22-16-9-10-17(23(5)6)15(13-16)14-24(11-12-27-7)18(25)20(2,3)4/h9-10,13H,8,11-12,14H2,1-7H3,(H2,21,22,26). The minimum atomic E-state index is -0.483. The lowest BCUT2D eigenvalue weighted by molar-refractivity contribution is -0.140. The van der Waals surface area contributed by atoms with Crippen molar-refractivity contribution in [3.63, 3.8) is 0 Å². The topological polar surface area (TPSA) is 73.9 Å². The molecule has 0 heterocycles. The summed E-state index contributed by atoms with van der Waals surface area (Å²) >= 11 is 0. The zero-order valence-corrected chi connectivity index (χ0v) is 17.7. The molecule has 3 amide bonds. The maximum atomic E-state index is 12.9. The van der Waals surface area contributed by atoms with E-state index in [2.05, 4.69) is 10.6 Å². The molecule has 0 unspecified atom stereocenters. The summed E-state index contributed by atoms with van der Waals surface area (Å²) in [5.41, 5.74) is 2.17. The Morgan fingerprint density at radius 1 is 1.19 bits per heavy atom. The fraction of sp³-hybridized carbons (Fsp3) is 0.600. The molecule has 2 N–H and O–H groups in total. The lowest BCUT2D eigenvalue weighted by atomic mass is 9.94. The van der Waals surface area contributed by atoms with Crippen LogP contribution in [0.5, 0.6) is 0 Å². The minimum Gasteiger partial charge on any atom is -0.383 e. The van der Waals surface area contributed by atoms with Gasteiger partial charge in [0.2, 0.25) is 5.91 Å². The van der Waals surface area contributed by atoms with E-state index in [0.717, 1.165) is 11.3 Å². The fourth-order valence-corrected chi connectivity index (χ4v) is 2.70. The third-order valence-corrected chi connectivity index (χ3v) is 4.01. The van der Waals surface area contributed by atoms with Crippen molar-refractivity contribution in [3.05, 3.63) is 23.8 Å². The molecule has 0 spiro atoms. The molecule has 7 heteroatoms. The summed E-state index contributed by atoms with van der Waals surface area (Å²) in [5.74, 6) is 0.0614. The van der Waals surface area contributed by atoms with Crippen LogP contribution in [0.4, 0.5) is 16.2 Å². The van der Waals surface area contributed by atoms with Gasteiger partial charge in [-0.1, -0.05) is 20.8 Å². The van der Waals surface area contributed by atoms with Gasteiger partial charge in [-0.25, -0.2) is 4.79 Å². The van der Waals surface area contributed by atoms with E-state index < -0.39 is 5.41 Å². The molecule has 0 fully saturated rings. The quantitative estimate of drug-likeness (QED) is 0.729. The van der Waals surface area contributed by atoms with Crippen LogP contribution in [0.2, 0.25) is 0 Å². The Morgan fingerprint density at radius 2 is 1.85 bits per heavy atom. The van der Waals surface area contributed by atoms with Gasteiger partial charge in [0.15, 0.2) is 0 Å². The molecule has 0 aromatic heterocycles. The van der Waals surface area contributed by atoms with Crippen LogP contribution in [0.15, 0.2) is 18.2 Å². The summed E-state index contributed by atoms with van der Waals surface area (Å²) in [6.07, 6.45) is 0. The SMILES string of the molecule is CCNC(=O)Nc1ccc(N(C)C)c(CN(CCOC)C(=O)C(C)(C)C)c1. The van der Waals surface area contributed by atoms with Gasteiger partial charge < -0.3 is 25.2 Å². The number of anilines is 2. The van der Waals surface area contributed by atoms with Gasteiger partial charge in [0.25, 0.3) is 0 Å². The Hall–Kier alpha value is -2.28. The monoisotopic (exact) mass is 378 g/mol. The van der Waals surface area contributed by atoms with E-state index in [1.165, 1.54) is 0 Å². The number of rotatable bonds is 8. The van der Waals surface area contributed by atoms with E-state index in [9.17, 15) is 9.59 Å². The maximum Gasteiger partial charge on any atom is 0.319 e. The van der Waals surface area contributed by atoms with E-state index in [4.69, 9.17) is 4.74 Å². The summed E-state index contributed by atoms with van der Waals surface area (Å²) in [5, 5.41) is 5.54. The van der Waals surface area contributed by atoms with E-state index in [0.29, 0.717) is 31.9 Å². The first-order valence-electron chi connectivity index (χ1n) is 9.23. The number of nitrogens with zero attached hydrogens (tertiary/aromatic N) is 2. The molecule has 152 valence electrons. The Labute approximate surface area is 163 Å². The number of benzene rings is 1. The maximum absolute atomic E-state index is 12.9. The van der Waals surface area contributed by atoms with Gasteiger partial charge in [-0.3, -0.25) is 4.79 Å². The second-order valence-corrected chi connectivity index (χ2v) is 7.69. The number of urea groups is 1. The second kappa shape index (κ2) is 10.2. The van der Waals surface area contributed by atoms with Gasteiger partial charge in [0.1, 0.15) is 0 Å². The summed E-state index contributed by atoms with van der Waals surface area (Å²) in [6, 6.07) is 5.48. The molecule has 27 heavy (non-hydrogen) atoms. The third kappa shape index (κ3) is 7.09. The molecule has 0 saturated heterocycles.